The van der Waals surface area contributed by atoms with Crippen LogP contribution in [0.3, 0.4) is 0 Å². The molecule has 0 aromatic carbocycles. The van der Waals surface area contributed by atoms with Gasteiger partial charge in [0.15, 0.2) is 0 Å². The maximum atomic E-state index is 6.17. The first-order valence-electron chi connectivity index (χ1n) is 7.31. The van der Waals surface area contributed by atoms with Gasteiger partial charge in [0.25, 0.3) is 0 Å². The number of hydrogen-bond donors (Lipinski definition) is 1. The van der Waals surface area contributed by atoms with Gasteiger partial charge < -0.3 is 15.0 Å². The molecule has 1 heterocycles. The predicted octanol–water partition coefficient (Wildman–Crippen LogP) is 2.02. The van der Waals surface area contributed by atoms with E-state index in [9.17, 15) is 0 Å². The summed E-state index contributed by atoms with van der Waals surface area (Å²) < 4.78 is 6.17. The highest BCUT2D eigenvalue weighted by atomic mass is 16.5. The second-order valence-corrected chi connectivity index (χ2v) is 5.88. The molecular weight excluding hydrogens is 212 g/mol. The smallest absolute Gasteiger partial charge is 0.0608 e. The summed E-state index contributed by atoms with van der Waals surface area (Å²) >= 11 is 0. The molecular formula is C14H28N2O. The van der Waals surface area contributed by atoms with Crippen molar-refractivity contribution < 1.29 is 4.74 Å². The zero-order valence-corrected chi connectivity index (χ0v) is 11.6. The van der Waals surface area contributed by atoms with E-state index in [1.807, 2.05) is 0 Å². The van der Waals surface area contributed by atoms with Gasteiger partial charge in [-0.3, -0.25) is 0 Å². The molecule has 2 fully saturated rings. The van der Waals surface area contributed by atoms with Crippen LogP contribution < -0.4 is 5.32 Å². The summed E-state index contributed by atoms with van der Waals surface area (Å²) in [6.45, 7) is 10.3. The molecule has 100 valence electrons. The SMILES string of the molecule is CCN1CCC(O[C@H]2C[C@H](NC(C)C)C2)CC1. The molecule has 2 rings (SSSR count). The van der Waals surface area contributed by atoms with Gasteiger partial charge in [-0.05, 0) is 32.2 Å². The summed E-state index contributed by atoms with van der Waals surface area (Å²) in [5, 5.41) is 3.57. The van der Waals surface area contributed by atoms with Crippen LogP contribution in [0.2, 0.25) is 0 Å². The molecule has 0 atom stereocenters. The molecule has 1 saturated heterocycles. The van der Waals surface area contributed by atoms with E-state index in [4.69, 9.17) is 4.74 Å². The van der Waals surface area contributed by atoms with Crippen LogP contribution in [0.1, 0.15) is 46.5 Å². The zero-order valence-electron chi connectivity index (χ0n) is 11.6. The van der Waals surface area contributed by atoms with E-state index in [-0.39, 0.29) is 0 Å². The predicted molar refractivity (Wildman–Crippen MR) is 71.3 cm³/mol. The third kappa shape index (κ3) is 3.94. The van der Waals surface area contributed by atoms with Gasteiger partial charge in [0, 0.05) is 25.2 Å². The minimum absolute atomic E-state index is 0.530. The van der Waals surface area contributed by atoms with E-state index in [0.29, 0.717) is 24.3 Å². The molecule has 0 radical (unpaired) electrons. The topological polar surface area (TPSA) is 24.5 Å². The minimum Gasteiger partial charge on any atom is -0.375 e. The summed E-state index contributed by atoms with van der Waals surface area (Å²) in [6, 6.07) is 1.31. The van der Waals surface area contributed by atoms with E-state index in [2.05, 4.69) is 31.0 Å². The Labute approximate surface area is 106 Å². The summed E-state index contributed by atoms with van der Waals surface area (Å²) in [4.78, 5) is 2.52. The Morgan fingerprint density at radius 2 is 1.82 bits per heavy atom. The quantitative estimate of drug-likeness (QED) is 0.795. The van der Waals surface area contributed by atoms with Crippen LogP contribution in [0.5, 0.6) is 0 Å². The molecule has 17 heavy (non-hydrogen) atoms. The average Bonchev–Trinajstić information content (AvgIpc) is 2.26. The molecule has 0 aromatic rings. The number of nitrogens with one attached hydrogen (secondary N) is 1. The highest BCUT2D eigenvalue weighted by Gasteiger charge is 2.32. The average molecular weight is 240 g/mol. The lowest BCUT2D eigenvalue weighted by atomic mass is 9.88. The first kappa shape index (κ1) is 13.3. The molecule has 1 N–H and O–H groups in total. The summed E-state index contributed by atoms with van der Waals surface area (Å²) in [5.74, 6) is 0. The van der Waals surface area contributed by atoms with Crippen molar-refractivity contribution in [3.05, 3.63) is 0 Å². The van der Waals surface area contributed by atoms with Gasteiger partial charge in [-0.1, -0.05) is 20.8 Å². The van der Waals surface area contributed by atoms with Gasteiger partial charge in [0.2, 0.25) is 0 Å². The second kappa shape index (κ2) is 6.17. The molecule has 1 aliphatic carbocycles. The van der Waals surface area contributed by atoms with Crippen LogP contribution in [0.4, 0.5) is 0 Å². The molecule has 1 aliphatic heterocycles. The third-order valence-corrected chi connectivity index (χ3v) is 4.03. The van der Waals surface area contributed by atoms with Gasteiger partial charge >= 0.3 is 0 Å². The Balaban J connectivity index is 1.58. The van der Waals surface area contributed by atoms with Crippen molar-refractivity contribution >= 4 is 0 Å². The standard InChI is InChI=1S/C14H28N2O/c1-4-16-7-5-13(6-8-16)17-14-9-12(10-14)15-11(2)3/h11-15H,4-10H2,1-3H3/t12-,14-. The fourth-order valence-corrected chi connectivity index (χ4v) is 2.92. The summed E-state index contributed by atoms with van der Waals surface area (Å²) in [5.41, 5.74) is 0. The highest BCUT2D eigenvalue weighted by molar-refractivity contribution is 4.88. The largest absolute Gasteiger partial charge is 0.375 e. The lowest BCUT2D eigenvalue weighted by Gasteiger charge is -2.41. The number of likely N-dealkylation sites (tertiary alicyclic amines) is 1. The number of piperidine rings is 1. The van der Waals surface area contributed by atoms with Gasteiger partial charge in [-0.2, -0.15) is 0 Å². The molecule has 3 heteroatoms. The van der Waals surface area contributed by atoms with Gasteiger partial charge in [0.05, 0.1) is 12.2 Å². The van der Waals surface area contributed by atoms with E-state index in [1.165, 1.54) is 45.3 Å². The van der Waals surface area contributed by atoms with Crippen molar-refractivity contribution in [2.75, 3.05) is 19.6 Å². The molecule has 2 aliphatic rings. The monoisotopic (exact) mass is 240 g/mol. The minimum atomic E-state index is 0.530. The van der Waals surface area contributed by atoms with E-state index >= 15 is 0 Å². The lowest BCUT2D eigenvalue weighted by Crippen LogP contribution is -2.49. The van der Waals surface area contributed by atoms with Crippen LogP contribution in [0.25, 0.3) is 0 Å². The van der Waals surface area contributed by atoms with Gasteiger partial charge in [0.1, 0.15) is 0 Å². The number of nitrogens with zero attached hydrogens (tertiary/aromatic N) is 1. The Hall–Kier alpha value is -0.120. The summed E-state index contributed by atoms with van der Waals surface area (Å²) in [7, 11) is 0. The van der Waals surface area contributed by atoms with Crippen molar-refractivity contribution in [3.8, 4) is 0 Å². The number of rotatable bonds is 5. The molecule has 0 unspecified atom stereocenters. The van der Waals surface area contributed by atoms with Crippen molar-refractivity contribution in [1.29, 1.82) is 0 Å². The Bertz CT molecular complexity index is 218. The Morgan fingerprint density at radius 1 is 1.18 bits per heavy atom. The number of hydrogen-bond acceptors (Lipinski definition) is 3. The maximum Gasteiger partial charge on any atom is 0.0608 e. The highest BCUT2D eigenvalue weighted by Crippen LogP contribution is 2.27. The van der Waals surface area contributed by atoms with Crippen molar-refractivity contribution in [2.45, 2.75) is 70.7 Å². The molecule has 0 spiro atoms. The van der Waals surface area contributed by atoms with Crippen molar-refractivity contribution in [1.82, 2.24) is 10.2 Å². The molecule has 0 bridgehead atoms. The van der Waals surface area contributed by atoms with Crippen LogP contribution >= 0.6 is 0 Å². The van der Waals surface area contributed by atoms with Crippen LogP contribution in [-0.2, 0) is 4.74 Å². The van der Waals surface area contributed by atoms with E-state index < -0.39 is 0 Å². The van der Waals surface area contributed by atoms with E-state index in [1.54, 1.807) is 0 Å². The first-order chi connectivity index (χ1) is 8.17. The molecule has 3 nitrogen and oxygen atoms in total. The Kier molecular flexibility index (Phi) is 4.83. The summed E-state index contributed by atoms with van der Waals surface area (Å²) in [6.07, 6.45) is 5.95. The van der Waals surface area contributed by atoms with Crippen LogP contribution in [-0.4, -0.2) is 48.8 Å². The fourth-order valence-electron chi connectivity index (χ4n) is 2.92. The lowest BCUT2D eigenvalue weighted by molar-refractivity contribution is -0.0845. The van der Waals surface area contributed by atoms with Crippen LogP contribution in [0.15, 0.2) is 0 Å². The van der Waals surface area contributed by atoms with Gasteiger partial charge in [-0.25, -0.2) is 0 Å². The van der Waals surface area contributed by atoms with Crippen LogP contribution in [0, 0.1) is 0 Å². The normalized spacial score (nSPS) is 31.8. The van der Waals surface area contributed by atoms with E-state index in [0.717, 1.165) is 0 Å². The zero-order chi connectivity index (χ0) is 12.3. The molecule has 0 amide bonds. The number of ether oxygens (including phenoxy) is 1. The van der Waals surface area contributed by atoms with Crippen molar-refractivity contribution in [3.63, 3.8) is 0 Å². The second-order valence-electron chi connectivity index (χ2n) is 5.88. The fraction of sp³-hybridized carbons (Fsp3) is 1.00. The van der Waals surface area contributed by atoms with Crippen molar-refractivity contribution in [2.24, 2.45) is 0 Å². The molecule has 0 aromatic heterocycles. The first-order valence-corrected chi connectivity index (χ1v) is 7.31. The third-order valence-electron chi connectivity index (χ3n) is 4.03. The maximum absolute atomic E-state index is 6.17. The molecule has 1 saturated carbocycles. The van der Waals surface area contributed by atoms with Gasteiger partial charge in [-0.15, -0.1) is 0 Å². The Morgan fingerprint density at radius 3 is 2.35 bits per heavy atom.